The molecule has 0 amide bonds. The highest BCUT2D eigenvalue weighted by molar-refractivity contribution is 5.14. The zero-order valence-electron chi connectivity index (χ0n) is 12.2. The van der Waals surface area contributed by atoms with Crippen molar-refractivity contribution < 1.29 is 0 Å². The summed E-state index contributed by atoms with van der Waals surface area (Å²) < 4.78 is 0. The van der Waals surface area contributed by atoms with Crippen molar-refractivity contribution in [3.8, 4) is 0 Å². The van der Waals surface area contributed by atoms with E-state index in [1.807, 2.05) is 34.6 Å². The second kappa shape index (κ2) is 37.9. The molecule has 0 aromatic rings. The van der Waals surface area contributed by atoms with Crippen molar-refractivity contribution >= 4 is 0 Å². The third kappa shape index (κ3) is 61.1. The van der Waals surface area contributed by atoms with Crippen LogP contribution in [0, 0.1) is 0 Å². The van der Waals surface area contributed by atoms with Gasteiger partial charge in [-0.25, -0.2) is 0 Å². The molecule has 0 aliphatic heterocycles. The van der Waals surface area contributed by atoms with Crippen LogP contribution in [0.25, 0.3) is 0 Å². The Morgan fingerprint density at radius 1 is 1.07 bits per heavy atom. The van der Waals surface area contributed by atoms with Crippen LogP contribution in [0.3, 0.4) is 0 Å². The second-order valence-corrected chi connectivity index (χ2v) is 2.25. The Hall–Kier alpha value is -0.780. The van der Waals surface area contributed by atoms with E-state index in [1.54, 1.807) is 6.08 Å². The summed E-state index contributed by atoms with van der Waals surface area (Å²) in [4.78, 5) is 0. The number of allylic oxidation sites excluding steroid dienone is 5. The molecule has 0 heteroatoms. The van der Waals surface area contributed by atoms with Crippen molar-refractivity contribution in [2.45, 2.75) is 61.8 Å². The van der Waals surface area contributed by atoms with Crippen LogP contribution < -0.4 is 0 Å². The summed E-state index contributed by atoms with van der Waals surface area (Å²) in [5, 5.41) is 0. The fourth-order valence-electron chi connectivity index (χ4n) is 0.400. The molecule has 0 unspecified atom stereocenters. The molecule has 0 fully saturated rings. The molecule has 0 bridgehead atoms. The average Bonchev–Trinajstić information content (AvgIpc) is 2.32. The van der Waals surface area contributed by atoms with Crippen LogP contribution in [-0.4, -0.2) is 0 Å². The Morgan fingerprint density at radius 3 is 1.60 bits per heavy atom. The molecular weight excluding hydrogens is 180 g/mol. The molecule has 0 saturated carbocycles. The van der Waals surface area contributed by atoms with Gasteiger partial charge in [0.05, 0.1) is 0 Å². The van der Waals surface area contributed by atoms with E-state index < -0.39 is 0 Å². The molecule has 0 aromatic heterocycles. The van der Waals surface area contributed by atoms with E-state index in [0.717, 1.165) is 6.42 Å². The lowest BCUT2D eigenvalue weighted by molar-refractivity contribution is 1.22. The van der Waals surface area contributed by atoms with E-state index in [4.69, 9.17) is 0 Å². The van der Waals surface area contributed by atoms with Gasteiger partial charge in [0.25, 0.3) is 0 Å². The van der Waals surface area contributed by atoms with Crippen LogP contribution >= 0.6 is 0 Å². The molecule has 15 heavy (non-hydrogen) atoms. The smallest absolute Gasteiger partial charge is 0.0376 e. The van der Waals surface area contributed by atoms with Gasteiger partial charge in [0, 0.05) is 0 Å². The van der Waals surface area contributed by atoms with Gasteiger partial charge in [0.2, 0.25) is 0 Å². The fourth-order valence-corrected chi connectivity index (χ4v) is 0.400. The molecule has 0 heterocycles. The molecule has 0 aliphatic carbocycles. The molecule has 0 rings (SSSR count). The van der Waals surface area contributed by atoms with Crippen molar-refractivity contribution in [1.82, 2.24) is 0 Å². The molecule has 92 valence electrons. The standard InChI is InChI=1S/C8H14.C3H6.2C2H6/c1-4-6-7-8(3)5-2;1-3-2;2*1-2/h5-7H,4H2,1-3H3;3H,1H2,2H3;2*1-2H3/b7-6-,8-5-;;;. The number of hydrogen-bond acceptors (Lipinski definition) is 0. The first-order valence-electron chi connectivity index (χ1n) is 6.09. The highest BCUT2D eigenvalue weighted by atomic mass is 13.8. The van der Waals surface area contributed by atoms with Gasteiger partial charge in [-0.3, -0.25) is 0 Å². The van der Waals surface area contributed by atoms with Gasteiger partial charge in [0.15, 0.2) is 0 Å². The largest absolute Gasteiger partial charge is 0.103 e. The summed E-state index contributed by atoms with van der Waals surface area (Å²) in [6, 6.07) is 0. The van der Waals surface area contributed by atoms with Crippen LogP contribution in [0.4, 0.5) is 0 Å². The maximum atomic E-state index is 3.36. The normalized spacial score (nSPS) is 8.67. The van der Waals surface area contributed by atoms with Gasteiger partial charge < -0.3 is 0 Å². The summed E-state index contributed by atoms with van der Waals surface area (Å²) in [6.07, 6.45) is 9.28. The summed E-state index contributed by atoms with van der Waals surface area (Å²) in [5.41, 5.74) is 1.34. The van der Waals surface area contributed by atoms with E-state index in [-0.39, 0.29) is 0 Å². The van der Waals surface area contributed by atoms with E-state index >= 15 is 0 Å². The summed E-state index contributed by atoms with van der Waals surface area (Å²) in [5.74, 6) is 0. The Labute approximate surface area is 98.8 Å². The van der Waals surface area contributed by atoms with Gasteiger partial charge in [-0.05, 0) is 27.2 Å². The van der Waals surface area contributed by atoms with Crippen LogP contribution in [0.2, 0.25) is 0 Å². The van der Waals surface area contributed by atoms with Crippen molar-refractivity contribution in [2.24, 2.45) is 0 Å². The molecule has 0 nitrogen and oxygen atoms in total. The maximum Gasteiger partial charge on any atom is -0.0376 e. The van der Waals surface area contributed by atoms with Gasteiger partial charge >= 0.3 is 0 Å². The minimum Gasteiger partial charge on any atom is -0.103 e. The Morgan fingerprint density at radius 2 is 1.40 bits per heavy atom. The van der Waals surface area contributed by atoms with Gasteiger partial charge in [-0.15, -0.1) is 6.58 Å². The van der Waals surface area contributed by atoms with Crippen LogP contribution in [0.15, 0.2) is 36.5 Å². The monoisotopic (exact) mass is 212 g/mol. The average molecular weight is 212 g/mol. The lowest BCUT2D eigenvalue weighted by Gasteiger charge is -1.84. The summed E-state index contributed by atoms with van der Waals surface area (Å²) in [7, 11) is 0. The van der Waals surface area contributed by atoms with E-state index in [2.05, 4.69) is 45.6 Å². The third-order valence-electron chi connectivity index (χ3n) is 1.07. The van der Waals surface area contributed by atoms with Crippen molar-refractivity contribution in [2.75, 3.05) is 0 Å². The first-order chi connectivity index (χ1) is 7.22. The molecule has 0 spiro atoms. The van der Waals surface area contributed by atoms with Gasteiger partial charge in [0.1, 0.15) is 0 Å². The molecular formula is C15H32. The molecule has 0 aromatic carbocycles. The molecule has 0 saturated heterocycles. The zero-order valence-corrected chi connectivity index (χ0v) is 12.2. The van der Waals surface area contributed by atoms with Crippen LogP contribution in [0.5, 0.6) is 0 Å². The Kier molecular flexibility index (Phi) is 60.1. The number of rotatable bonds is 2. The highest BCUT2D eigenvalue weighted by Crippen LogP contribution is 1.93. The lowest BCUT2D eigenvalue weighted by atomic mass is 10.2. The number of hydrogen-bond donors (Lipinski definition) is 0. The van der Waals surface area contributed by atoms with Crippen molar-refractivity contribution in [3.05, 3.63) is 36.5 Å². The van der Waals surface area contributed by atoms with Crippen LogP contribution in [0.1, 0.15) is 61.8 Å². The van der Waals surface area contributed by atoms with Gasteiger partial charge in [-0.1, -0.05) is 64.5 Å². The van der Waals surface area contributed by atoms with E-state index in [9.17, 15) is 0 Å². The SMILES string of the molecule is C/C=C(C)\C=C/CC.C=CC.CC.CC. The first-order valence-corrected chi connectivity index (χ1v) is 6.09. The third-order valence-corrected chi connectivity index (χ3v) is 1.07. The van der Waals surface area contributed by atoms with E-state index in [0.29, 0.717) is 0 Å². The minimum atomic E-state index is 1.13. The van der Waals surface area contributed by atoms with Crippen LogP contribution in [-0.2, 0) is 0 Å². The lowest BCUT2D eigenvalue weighted by Crippen LogP contribution is -1.62. The fraction of sp³-hybridized carbons (Fsp3) is 0.600. The Bertz CT molecular complexity index is 127. The summed E-state index contributed by atoms with van der Waals surface area (Å²) in [6.45, 7) is 19.5. The van der Waals surface area contributed by atoms with Crippen molar-refractivity contribution in [1.29, 1.82) is 0 Å². The highest BCUT2D eigenvalue weighted by Gasteiger charge is 1.72. The minimum absolute atomic E-state index is 1.13. The molecule has 0 aliphatic rings. The molecule has 0 atom stereocenters. The Balaban J connectivity index is -0.0000000726. The molecule has 0 radical (unpaired) electrons. The second-order valence-electron chi connectivity index (χ2n) is 2.25. The van der Waals surface area contributed by atoms with E-state index in [1.165, 1.54) is 5.57 Å². The quantitative estimate of drug-likeness (QED) is 0.379. The zero-order chi connectivity index (χ0) is 13.1. The van der Waals surface area contributed by atoms with Crippen molar-refractivity contribution in [3.63, 3.8) is 0 Å². The predicted octanol–water partition coefficient (Wildman–Crippen LogP) is 6.16. The first kappa shape index (κ1) is 23.8. The predicted molar refractivity (Wildman–Crippen MR) is 77.4 cm³/mol. The molecule has 0 N–H and O–H groups in total. The topological polar surface area (TPSA) is 0 Å². The van der Waals surface area contributed by atoms with Gasteiger partial charge in [-0.2, -0.15) is 0 Å². The summed E-state index contributed by atoms with van der Waals surface area (Å²) >= 11 is 0. The maximum absolute atomic E-state index is 3.36.